The molecule has 1 aromatic rings. The molecule has 0 radical (unpaired) electrons. The molecule has 0 saturated carbocycles. The van der Waals surface area contributed by atoms with Gasteiger partial charge in [0.15, 0.2) is 0 Å². The number of alkyl halides is 3. The number of hydrogen-bond acceptors (Lipinski definition) is 5. The number of rotatable bonds is 5. The van der Waals surface area contributed by atoms with Crippen LogP contribution >= 0.6 is 0 Å². The highest BCUT2D eigenvalue weighted by Gasteiger charge is 2.48. The number of ether oxygens (including phenoxy) is 1. The normalized spacial score (nSPS) is 22.8. The van der Waals surface area contributed by atoms with Gasteiger partial charge in [-0.05, 0) is 26.0 Å². The number of halogens is 3. The van der Waals surface area contributed by atoms with Crippen molar-refractivity contribution in [2.45, 2.75) is 36.5 Å². The molecule has 1 saturated heterocycles. The second-order valence-electron chi connectivity index (χ2n) is 6.36. The minimum atomic E-state index is -5.39. The number of anilines is 1. The number of sulfone groups is 1. The molecule has 1 fully saturated rings. The predicted octanol–water partition coefficient (Wildman–Crippen LogP) is 2.53. The Bertz CT molecular complexity index is 684. The largest absolute Gasteiger partial charge is 0.501 e. The van der Waals surface area contributed by atoms with Crippen LogP contribution < -0.4 is 4.90 Å². The smallest absolute Gasteiger partial charge is 0.373 e. The fraction of sp³-hybridized carbons (Fsp3) is 0.625. The molecule has 0 bridgehead atoms. The lowest BCUT2D eigenvalue weighted by Gasteiger charge is -2.36. The Morgan fingerprint density at radius 2 is 1.76 bits per heavy atom. The van der Waals surface area contributed by atoms with Crippen LogP contribution in [0.4, 0.5) is 18.9 Å². The van der Waals surface area contributed by atoms with Crippen molar-refractivity contribution in [3.63, 3.8) is 0 Å². The van der Waals surface area contributed by atoms with Crippen molar-refractivity contribution in [1.29, 1.82) is 0 Å². The second kappa shape index (κ2) is 7.51. The highest BCUT2D eigenvalue weighted by molar-refractivity contribution is 7.92. The van der Waals surface area contributed by atoms with Crippen LogP contribution in [0.2, 0.25) is 0 Å². The molecule has 1 aliphatic rings. The summed E-state index contributed by atoms with van der Waals surface area (Å²) in [7, 11) is -3.79. The summed E-state index contributed by atoms with van der Waals surface area (Å²) < 4.78 is 67.9. The third-order valence-electron chi connectivity index (χ3n) is 4.12. The molecule has 0 N–H and O–H groups in total. The first kappa shape index (κ1) is 20.0. The molecule has 2 atom stereocenters. The molecule has 25 heavy (non-hydrogen) atoms. The average Bonchev–Trinajstić information content (AvgIpc) is 2.50. The standard InChI is InChI=1S/C16H23F3N2O3S/c1-12-10-21(11-13(2)24-12)9-8-20(3)14-6-4-5-7-15(14)25(22,23)16(17,18)19/h4-7,12-13H,8-11H2,1-3H3/t12-,13+. The maximum absolute atomic E-state index is 12.9. The molecule has 0 aromatic heterocycles. The van der Waals surface area contributed by atoms with Crippen LogP contribution in [0.15, 0.2) is 29.2 Å². The summed E-state index contributed by atoms with van der Waals surface area (Å²) in [6.45, 7) is 6.43. The molecule has 0 aliphatic carbocycles. The van der Waals surface area contributed by atoms with E-state index in [1.54, 1.807) is 11.9 Å². The zero-order chi connectivity index (χ0) is 18.8. The van der Waals surface area contributed by atoms with Gasteiger partial charge in [0, 0.05) is 33.2 Å². The Kier molecular flexibility index (Phi) is 6.01. The zero-order valence-corrected chi connectivity index (χ0v) is 15.3. The Labute approximate surface area is 146 Å². The van der Waals surface area contributed by atoms with Crippen molar-refractivity contribution in [3.8, 4) is 0 Å². The molecule has 5 nitrogen and oxygen atoms in total. The summed E-state index contributed by atoms with van der Waals surface area (Å²) in [4.78, 5) is 2.99. The van der Waals surface area contributed by atoms with E-state index in [9.17, 15) is 21.6 Å². The SMILES string of the molecule is C[C@@H]1CN(CCN(C)c2ccccc2S(=O)(=O)C(F)(F)F)C[C@H](C)O1. The van der Waals surface area contributed by atoms with Gasteiger partial charge < -0.3 is 9.64 Å². The molecule has 1 heterocycles. The number of morpholine rings is 1. The van der Waals surface area contributed by atoms with E-state index in [2.05, 4.69) is 4.90 Å². The van der Waals surface area contributed by atoms with Crippen LogP contribution in [0.3, 0.4) is 0 Å². The highest BCUT2D eigenvalue weighted by atomic mass is 32.2. The van der Waals surface area contributed by atoms with Gasteiger partial charge in [-0.2, -0.15) is 13.2 Å². The van der Waals surface area contributed by atoms with Gasteiger partial charge in [0.2, 0.25) is 0 Å². The fourth-order valence-electron chi connectivity index (χ4n) is 3.00. The van der Waals surface area contributed by atoms with Gasteiger partial charge in [-0.25, -0.2) is 8.42 Å². The van der Waals surface area contributed by atoms with Gasteiger partial charge in [-0.1, -0.05) is 12.1 Å². The van der Waals surface area contributed by atoms with Crippen LogP contribution in [0.1, 0.15) is 13.8 Å². The van der Waals surface area contributed by atoms with E-state index in [4.69, 9.17) is 4.74 Å². The number of para-hydroxylation sites is 1. The quantitative estimate of drug-likeness (QED) is 0.786. The number of benzene rings is 1. The van der Waals surface area contributed by atoms with E-state index in [-0.39, 0.29) is 17.9 Å². The average molecular weight is 380 g/mol. The number of nitrogens with zero attached hydrogens (tertiary/aromatic N) is 2. The minimum absolute atomic E-state index is 0.0502. The van der Waals surface area contributed by atoms with E-state index in [1.165, 1.54) is 18.2 Å². The van der Waals surface area contributed by atoms with E-state index in [0.29, 0.717) is 13.1 Å². The lowest BCUT2D eigenvalue weighted by Crippen LogP contribution is -2.47. The van der Waals surface area contributed by atoms with Gasteiger partial charge in [0.25, 0.3) is 9.84 Å². The zero-order valence-electron chi connectivity index (χ0n) is 14.5. The molecule has 9 heteroatoms. The molecule has 142 valence electrons. The van der Waals surface area contributed by atoms with Crippen molar-refractivity contribution in [3.05, 3.63) is 24.3 Å². The van der Waals surface area contributed by atoms with Crippen molar-refractivity contribution < 1.29 is 26.3 Å². The third kappa shape index (κ3) is 4.65. The van der Waals surface area contributed by atoms with Crippen LogP contribution in [0.5, 0.6) is 0 Å². The van der Waals surface area contributed by atoms with E-state index >= 15 is 0 Å². The van der Waals surface area contributed by atoms with E-state index < -0.39 is 20.2 Å². The van der Waals surface area contributed by atoms with Crippen molar-refractivity contribution in [2.75, 3.05) is 38.1 Å². The van der Waals surface area contributed by atoms with E-state index in [1.807, 2.05) is 13.8 Å². The molecule has 1 aliphatic heterocycles. The predicted molar refractivity (Wildman–Crippen MR) is 89.4 cm³/mol. The summed E-state index contributed by atoms with van der Waals surface area (Å²) in [6, 6.07) is 5.21. The van der Waals surface area contributed by atoms with Gasteiger partial charge in [0.1, 0.15) is 0 Å². The first-order valence-corrected chi connectivity index (χ1v) is 9.50. The summed E-state index contributed by atoms with van der Waals surface area (Å²) in [5.41, 5.74) is -5.27. The molecule has 2 rings (SSSR count). The Balaban J connectivity index is 2.14. The topological polar surface area (TPSA) is 49.9 Å². The summed E-state index contributed by atoms with van der Waals surface area (Å²) in [6.07, 6.45) is 0.180. The van der Waals surface area contributed by atoms with E-state index in [0.717, 1.165) is 19.2 Å². The molecule has 0 amide bonds. The summed E-state index contributed by atoms with van der Waals surface area (Å²) >= 11 is 0. The van der Waals surface area contributed by atoms with Gasteiger partial charge in [-0.15, -0.1) is 0 Å². The maximum Gasteiger partial charge on any atom is 0.501 e. The molecular weight excluding hydrogens is 357 g/mol. The maximum atomic E-state index is 12.9. The molecule has 1 aromatic carbocycles. The highest BCUT2D eigenvalue weighted by Crippen LogP contribution is 2.35. The van der Waals surface area contributed by atoms with Gasteiger partial charge in [-0.3, -0.25) is 4.90 Å². The Hall–Kier alpha value is -1.32. The van der Waals surface area contributed by atoms with Crippen molar-refractivity contribution in [2.24, 2.45) is 0 Å². The van der Waals surface area contributed by atoms with Crippen molar-refractivity contribution >= 4 is 15.5 Å². The van der Waals surface area contributed by atoms with Gasteiger partial charge in [0.05, 0.1) is 22.8 Å². The Morgan fingerprint density at radius 3 is 2.32 bits per heavy atom. The van der Waals surface area contributed by atoms with Crippen LogP contribution in [0, 0.1) is 0 Å². The minimum Gasteiger partial charge on any atom is -0.373 e. The molecule has 0 unspecified atom stereocenters. The summed E-state index contributed by atoms with van der Waals surface area (Å²) in [5, 5.41) is 0. The first-order chi connectivity index (χ1) is 11.5. The van der Waals surface area contributed by atoms with Gasteiger partial charge >= 0.3 is 5.51 Å². The fourth-order valence-corrected chi connectivity index (χ4v) is 4.01. The first-order valence-electron chi connectivity index (χ1n) is 8.01. The van der Waals surface area contributed by atoms with Crippen LogP contribution in [-0.4, -0.2) is 64.3 Å². The third-order valence-corrected chi connectivity index (χ3v) is 5.65. The lowest BCUT2D eigenvalue weighted by atomic mass is 10.2. The number of likely N-dealkylation sites (N-methyl/N-ethyl adjacent to an activating group) is 1. The van der Waals surface area contributed by atoms with Crippen LogP contribution in [-0.2, 0) is 14.6 Å². The summed E-state index contributed by atoms with van der Waals surface area (Å²) in [5.74, 6) is 0. The molecule has 0 spiro atoms. The lowest BCUT2D eigenvalue weighted by molar-refractivity contribution is -0.0670. The molecular formula is C16H23F3N2O3S. The monoisotopic (exact) mass is 380 g/mol. The Morgan fingerprint density at radius 1 is 1.20 bits per heavy atom. The number of hydrogen-bond donors (Lipinski definition) is 0. The second-order valence-corrected chi connectivity index (χ2v) is 8.26. The van der Waals surface area contributed by atoms with Crippen LogP contribution in [0.25, 0.3) is 0 Å². The van der Waals surface area contributed by atoms with Crippen molar-refractivity contribution in [1.82, 2.24) is 4.90 Å².